The van der Waals surface area contributed by atoms with Gasteiger partial charge in [0.15, 0.2) is 5.58 Å². The Morgan fingerprint density at radius 2 is 1.80 bits per heavy atom. The van der Waals surface area contributed by atoms with Crippen LogP contribution in [0.25, 0.3) is 33.3 Å². The van der Waals surface area contributed by atoms with Gasteiger partial charge >= 0.3 is 0 Å². The maximum absolute atomic E-state index is 6.02. The Hall–Kier alpha value is -2.32. The molecular formula is C17H10ClNO. The highest BCUT2D eigenvalue weighted by molar-refractivity contribution is 6.30. The third-order valence-electron chi connectivity index (χ3n) is 3.36. The quantitative estimate of drug-likeness (QED) is 0.472. The van der Waals surface area contributed by atoms with E-state index in [1.807, 2.05) is 48.5 Å². The summed E-state index contributed by atoms with van der Waals surface area (Å²) < 4.78 is 5.85. The van der Waals surface area contributed by atoms with E-state index in [4.69, 9.17) is 16.0 Å². The molecule has 0 saturated heterocycles. The third kappa shape index (κ3) is 1.77. The molecule has 0 atom stereocenters. The van der Waals surface area contributed by atoms with E-state index < -0.39 is 0 Å². The van der Waals surface area contributed by atoms with Gasteiger partial charge in [-0.2, -0.15) is 0 Å². The second-order valence-electron chi connectivity index (χ2n) is 4.66. The number of benzene rings is 3. The lowest BCUT2D eigenvalue weighted by atomic mass is 10.1. The van der Waals surface area contributed by atoms with Crippen molar-refractivity contribution in [3.63, 3.8) is 0 Å². The smallest absolute Gasteiger partial charge is 0.227 e. The molecule has 0 aliphatic carbocycles. The minimum absolute atomic E-state index is 0.596. The number of hydrogen-bond acceptors (Lipinski definition) is 2. The van der Waals surface area contributed by atoms with Gasteiger partial charge in [-0.25, -0.2) is 4.98 Å². The van der Waals surface area contributed by atoms with Crippen molar-refractivity contribution >= 4 is 33.5 Å². The monoisotopic (exact) mass is 279 g/mol. The van der Waals surface area contributed by atoms with Gasteiger partial charge in [0.25, 0.3) is 0 Å². The molecule has 3 heteroatoms. The van der Waals surface area contributed by atoms with Crippen molar-refractivity contribution in [3.8, 4) is 11.5 Å². The fourth-order valence-corrected chi connectivity index (χ4v) is 2.60. The largest absolute Gasteiger partial charge is 0.436 e. The summed E-state index contributed by atoms with van der Waals surface area (Å²) in [5.41, 5.74) is 2.56. The number of hydrogen-bond donors (Lipinski definition) is 0. The lowest BCUT2D eigenvalue weighted by Gasteiger charge is -1.95. The molecule has 4 rings (SSSR count). The normalized spacial score (nSPS) is 11.2. The molecule has 0 bridgehead atoms. The Morgan fingerprint density at radius 1 is 0.900 bits per heavy atom. The molecule has 20 heavy (non-hydrogen) atoms. The highest BCUT2D eigenvalue weighted by atomic mass is 35.5. The van der Waals surface area contributed by atoms with Gasteiger partial charge < -0.3 is 4.42 Å². The Balaban J connectivity index is 2.01. The SMILES string of the molecule is Clc1cccc(-c2nc3c(ccc4ccccc43)o2)c1. The molecule has 0 amide bonds. The third-order valence-corrected chi connectivity index (χ3v) is 3.59. The predicted octanol–water partition coefficient (Wildman–Crippen LogP) is 5.30. The van der Waals surface area contributed by atoms with Gasteiger partial charge in [-0.15, -0.1) is 0 Å². The van der Waals surface area contributed by atoms with Crippen LogP contribution in [0.1, 0.15) is 0 Å². The van der Waals surface area contributed by atoms with Gasteiger partial charge in [0.1, 0.15) is 5.52 Å². The van der Waals surface area contributed by atoms with Gasteiger partial charge in [-0.05, 0) is 29.7 Å². The fraction of sp³-hybridized carbons (Fsp3) is 0. The van der Waals surface area contributed by atoms with Crippen LogP contribution < -0.4 is 0 Å². The van der Waals surface area contributed by atoms with Gasteiger partial charge in [0, 0.05) is 16.0 Å². The standard InChI is InChI=1S/C17H10ClNO/c18-13-6-3-5-12(10-13)17-19-16-14-7-2-1-4-11(14)8-9-15(16)20-17/h1-10H. The second-order valence-corrected chi connectivity index (χ2v) is 5.10. The number of halogens is 1. The average molecular weight is 280 g/mol. The minimum atomic E-state index is 0.596. The highest BCUT2D eigenvalue weighted by Crippen LogP contribution is 2.30. The minimum Gasteiger partial charge on any atom is -0.436 e. The van der Waals surface area contributed by atoms with E-state index in [9.17, 15) is 0 Å². The van der Waals surface area contributed by atoms with Crippen molar-refractivity contribution in [3.05, 3.63) is 65.7 Å². The summed E-state index contributed by atoms with van der Waals surface area (Å²) in [5.74, 6) is 0.596. The zero-order chi connectivity index (χ0) is 13.5. The number of nitrogens with zero attached hydrogens (tertiary/aromatic N) is 1. The maximum Gasteiger partial charge on any atom is 0.227 e. The molecule has 0 saturated carbocycles. The Kier molecular flexibility index (Phi) is 2.51. The van der Waals surface area contributed by atoms with Gasteiger partial charge in [0.05, 0.1) is 0 Å². The molecule has 4 aromatic rings. The molecule has 0 aliphatic rings. The maximum atomic E-state index is 6.02. The molecule has 0 fully saturated rings. The molecule has 0 unspecified atom stereocenters. The molecule has 3 aromatic carbocycles. The molecule has 2 nitrogen and oxygen atoms in total. The van der Waals surface area contributed by atoms with Crippen LogP contribution in [0.3, 0.4) is 0 Å². The second kappa shape index (κ2) is 4.36. The first kappa shape index (κ1) is 11.5. The molecular weight excluding hydrogens is 270 g/mol. The lowest BCUT2D eigenvalue weighted by Crippen LogP contribution is -1.77. The summed E-state index contributed by atoms with van der Waals surface area (Å²) in [6.07, 6.45) is 0. The lowest BCUT2D eigenvalue weighted by molar-refractivity contribution is 0.620. The van der Waals surface area contributed by atoms with Crippen molar-refractivity contribution < 1.29 is 4.42 Å². The Labute approximate surface area is 120 Å². The van der Waals surface area contributed by atoms with Crippen molar-refractivity contribution in [2.45, 2.75) is 0 Å². The highest BCUT2D eigenvalue weighted by Gasteiger charge is 2.10. The summed E-state index contributed by atoms with van der Waals surface area (Å²) in [5, 5.41) is 2.93. The first-order valence-electron chi connectivity index (χ1n) is 6.35. The summed E-state index contributed by atoms with van der Waals surface area (Å²) >= 11 is 6.02. The van der Waals surface area contributed by atoms with Crippen LogP contribution in [-0.2, 0) is 0 Å². The first-order valence-corrected chi connectivity index (χ1v) is 6.73. The number of fused-ring (bicyclic) bond motifs is 3. The fourth-order valence-electron chi connectivity index (χ4n) is 2.41. The molecule has 0 aliphatic heterocycles. The van der Waals surface area contributed by atoms with Crippen molar-refractivity contribution in [1.82, 2.24) is 4.98 Å². The molecule has 96 valence electrons. The molecule has 0 N–H and O–H groups in total. The molecule has 1 aromatic heterocycles. The van der Waals surface area contributed by atoms with Crippen LogP contribution >= 0.6 is 11.6 Å². The van der Waals surface area contributed by atoms with Gasteiger partial charge in [-0.3, -0.25) is 0 Å². The van der Waals surface area contributed by atoms with Crippen LogP contribution in [0.4, 0.5) is 0 Å². The zero-order valence-electron chi connectivity index (χ0n) is 10.5. The Morgan fingerprint density at radius 3 is 2.70 bits per heavy atom. The van der Waals surface area contributed by atoms with Crippen molar-refractivity contribution in [2.75, 3.05) is 0 Å². The van der Waals surface area contributed by atoms with Crippen LogP contribution in [0.2, 0.25) is 5.02 Å². The van der Waals surface area contributed by atoms with E-state index >= 15 is 0 Å². The van der Waals surface area contributed by atoms with Crippen LogP contribution in [0.15, 0.2) is 65.1 Å². The van der Waals surface area contributed by atoms with Crippen molar-refractivity contribution in [1.29, 1.82) is 0 Å². The van der Waals surface area contributed by atoms with E-state index in [2.05, 4.69) is 17.1 Å². The predicted molar refractivity (Wildman–Crippen MR) is 82.0 cm³/mol. The average Bonchev–Trinajstić information content (AvgIpc) is 2.92. The summed E-state index contributed by atoms with van der Waals surface area (Å²) in [4.78, 5) is 4.63. The van der Waals surface area contributed by atoms with E-state index in [1.165, 1.54) is 0 Å². The van der Waals surface area contributed by atoms with E-state index in [0.717, 1.165) is 27.4 Å². The molecule has 1 heterocycles. The van der Waals surface area contributed by atoms with E-state index in [-0.39, 0.29) is 0 Å². The number of oxazole rings is 1. The summed E-state index contributed by atoms with van der Waals surface area (Å²) in [6.45, 7) is 0. The molecule has 0 radical (unpaired) electrons. The summed E-state index contributed by atoms with van der Waals surface area (Å²) in [6, 6.07) is 19.7. The van der Waals surface area contributed by atoms with Gasteiger partial charge in [-0.1, -0.05) is 48.0 Å². The number of rotatable bonds is 1. The van der Waals surface area contributed by atoms with Crippen LogP contribution in [0.5, 0.6) is 0 Å². The van der Waals surface area contributed by atoms with Crippen LogP contribution in [-0.4, -0.2) is 4.98 Å². The van der Waals surface area contributed by atoms with E-state index in [0.29, 0.717) is 10.9 Å². The first-order chi connectivity index (χ1) is 9.81. The van der Waals surface area contributed by atoms with Crippen LogP contribution in [0, 0.1) is 0 Å². The molecule has 0 spiro atoms. The Bertz CT molecular complexity index is 926. The topological polar surface area (TPSA) is 26.0 Å². The summed E-state index contributed by atoms with van der Waals surface area (Å²) in [7, 11) is 0. The zero-order valence-corrected chi connectivity index (χ0v) is 11.3. The van der Waals surface area contributed by atoms with E-state index in [1.54, 1.807) is 0 Å². The van der Waals surface area contributed by atoms with Crippen molar-refractivity contribution in [2.24, 2.45) is 0 Å². The van der Waals surface area contributed by atoms with Gasteiger partial charge in [0.2, 0.25) is 5.89 Å². The number of aromatic nitrogens is 1.